The predicted molar refractivity (Wildman–Crippen MR) is 59.6 cm³/mol. The topological polar surface area (TPSA) is 81.2 Å². The molecule has 2 rings (SSSR count). The van der Waals surface area contributed by atoms with Crippen molar-refractivity contribution in [2.75, 3.05) is 11.9 Å². The second-order valence-electron chi connectivity index (χ2n) is 4.29. The van der Waals surface area contributed by atoms with Gasteiger partial charge in [-0.25, -0.2) is 0 Å². The molecule has 0 aliphatic heterocycles. The SMILES string of the molecule is NCC1CCCCC1C(=O)Nc1cnoc1. The summed E-state index contributed by atoms with van der Waals surface area (Å²) >= 11 is 0. The Kier molecular flexibility index (Phi) is 3.56. The summed E-state index contributed by atoms with van der Waals surface area (Å²) in [4.78, 5) is 12.0. The Morgan fingerprint density at radius 1 is 1.56 bits per heavy atom. The third kappa shape index (κ3) is 2.41. The van der Waals surface area contributed by atoms with Gasteiger partial charge in [0.25, 0.3) is 0 Å². The second kappa shape index (κ2) is 5.12. The number of hydrogen-bond acceptors (Lipinski definition) is 4. The summed E-state index contributed by atoms with van der Waals surface area (Å²) in [6.07, 6.45) is 7.20. The van der Waals surface area contributed by atoms with Crippen LogP contribution in [0.1, 0.15) is 25.7 Å². The molecular weight excluding hydrogens is 206 g/mol. The fourth-order valence-corrected chi connectivity index (χ4v) is 2.34. The van der Waals surface area contributed by atoms with E-state index < -0.39 is 0 Å². The van der Waals surface area contributed by atoms with Gasteiger partial charge in [0.2, 0.25) is 5.91 Å². The number of amides is 1. The summed E-state index contributed by atoms with van der Waals surface area (Å²) in [6.45, 7) is 0.585. The van der Waals surface area contributed by atoms with Crippen molar-refractivity contribution < 1.29 is 9.32 Å². The van der Waals surface area contributed by atoms with Crippen molar-refractivity contribution in [1.29, 1.82) is 0 Å². The highest BCUT2D eigenvalue weighted by atomic mass is 16.5. The number of hydrogen-bond donors (Lipinski definition) is 2. The van der Waals surface area contributed by atoms with Gasteiger partial charge in [-0.2, -0.15) is 0 Å². The third-order valence-corrected chi connectivity index (χ3v) is 3.25. The van der Waals surface area contributed by atoms with E-state index in [1.807, 2.05) is 0 Å². The number of aromatic nitrogens is 1. The van der Waals surface area contributed by atoms with Crippen LogP contribution in [-0.4, -0.2) is 17.6 Å². The molecule has 1 aliphatic carbocycles. The second-order valence-corrected chi connectivity index (χ2v) is 4.29. The van der Waals surface area contributed by atoms with Crippen molar-refractivity contribution >= 4 is 11.6 Å². The van der Waals surface area contributed by atoms with Crippen LogP contribution in [0.5, 0.6) is 0 Å². The molecule has 5 nitrogen and oxygen atoms in total. The number of anilines is 1. The lowest BCUT2D eigenvalue weighted by atomic mass is 9.79. The third-order valence-electron chi connectivity index (χ3n) is 3.25. The number of nitrogens with zero attached hydrogens (tertiary/aromatic N) is 1. The number of carbonyl (C=O) groups excluding carboxylic acids is 1. The van der Waals surface area contributed by atoms with Crippen LogP contribution in [0.15, 0.2) is 17.0 Å². The smallest absolute Gasteiger partial charge is 0.227 e. The molecule has 3 N–H and O–H groups in total. The van der Waals surface area contributed by atoms with Gasteiger partial charge in [-0.1, -0.05) is 18.0 Å². The molecule has 0 bridgehead atoms. The maximum Gasteiger partial charge on any atom is 0.227 e. The molecule has 0 spiro atoms. The standard InChI is InChI=1S/C11H17N3O2/c12-5-8-3-1-2-4-10(8)11(15)14-9-6-13-16-7-9/h6-8,10H,1-5,12H2,(H,14,15). The normalized spacial score (nSPS) is 25.3. The molecule has 2 atom stereocenters. The number of nitrogens with two attached hydrogens (primary N) is 1. The monoisotopic (exact) mass is 223 g/mol. The summed E-state index contributed by atoms with van der Waals surface area (Å²) in [7, 11) is 0. The molecular formula is C11H17N3O2. The molecule has 5 heteroatoms. The molecule has 0 saturated heterocycles. The van der Waals surface area contributed by atoms with Crippen molar-refractivity contribution in [2.24, 2.45) is 17.6 Å². The fourth-order valence-electron chi connectivity index (χ4n) is 2.34. The highest BCUT2D eigenvalue weighted by Gasteiger charge is 2.29. The predicted octanol–water partition coefficient (Wildman–Crippen LogP) is 1.38. The first-order valence-electron chi connectivity index (χ1n) is 5.71. The van der Waals surface area contributed by atoms with Gasteiger partial charge in [-0.3, -0.25) is 4.79 Å². The zero-order valence-corrected chi connectivity index (χ0v) is 9.19. The highest BCUT2D eigenvalue weighted by molar-refractivity contribution is 5.92. The molecule has 88 valence electrons. The Balaban J connectivity index is 1.97. The fraction of sp³-hybridized carbons (Fsp3) is 0.636. The molecule has 0 radical (unpaired) electrons. The summed E-state index contributed by atoms with van der Waals surface area (Å²) in [6, 6.07) is 0. The molecule has 1 aromatic rings. The molecule has 1 fully saturated rings. The molecule has 1 saturated carbocycles. The lowest BCUT2D eigenvalue weighted by Crippen LogP contribution is -2.35. The van der Waals surface area contributed by atoms with Gasteiger partial charge in [-0.05, 0) is 25.3 Å². The first-order chi connectivity index (χ1) is 7.81. The van der Waals surface area contributed by atoms with Gasteiger partial charge >= 0.3 is 0 Å². The molecule has 1 aromatic heterocycles. The Morgan fingerprint density at radius 3 is 3.06 bits per heavy atom. The van der Waals surface area contributed by atoms with Crippen molar-refractivity contribution in [1.82, 2.24) is 5.16 Å². The maximum absolute atomic E-state index is 12.0. The largest absolute Gasteiger partial charge is 0.363 e. The Labute approximate surface area is 94.4 Å². The van der Waals surface area contributed by atoms with Crippen LogP contribution in [0, 0.1) is 11.8 Å². The average molecular weight is 223 g/mol. The Morgan fingerprint density at radius 2 is 2.38 bits per heavy atom. The number of nitrogens with one attached hydrogen (secondary N) is 1. The van der Waals surface area contributed by atoms with E-state index in [4.69, 9.17) is 5.73 Å². The first kappa shape index (κ1) is 11.1. The van der Waals surface area contributed by atoms with E-state index in [1.165, 1.54) is 18.9 Å². The quantitative estimate of drug-likeness (QED) is 0.811. The van der Waals surface area contributed by atoms with Crippen LogP contribution < -0.4 is 11.1 Å². The van der Waals surface area contributed by atoms with Crippen molar-refractivity contribution in [3.8, 4) is 0 Å². The van der Waals surface area contributed by atoms with E-state index >= 15 is 0 Å². The van der Waals surface area contributed by atoms with E-state index in [0.717, 1.165) is 19.3 Å². The number of carbonyl (C=O) groups is 1. The van der Waals surface area contributed by atoms with E-state index in [1.54, 1.807) is 0 Å². The van der Waals surface area contributed by atoms with Crippen LogP contribution in [-0.2, 0) is 4.79 Å². The minimum Gasteiger partial charge on any atom is -0.363 e. The van der Waals surface area contributed by atoms with Crippen molar-refractivity contribution in [2.45, 2.75) is 25.7 Å². The van der Waals surface area contributed by atoms with Gasteiger partial charge in [0.05, 0.1) is 6.20 Å². The molecule has 16 heavy (non-hydrogen) atoms. The van der Waals surface area contributed by atoms with Gasteiger partial charge < -0.3 is 15.6 Å². The van der Waals surface area contributed by atoms with Crippen LogP contribution >= 0.6 is 0 Å². The zero-order valence-electron chi connectivity index (χ0n) is 9.19. The lowest BCUT2D eigenvalue weighted by Gasteiger charge is -2.29. The average Bonchev–Trinajstić information content (AvgIpc) is 2.81. The molecule has 2 unspecified atom stereocenters. The lowest BCUT2D eigenvalue weighted by molar-refractivity contribution is -0.122. The van der Waals surface area contributed by atoms with Crippen molar-refractivity contribution in [3.05, 3.63) is 12.5 Å². The summed E-state index contributed by atoms with van der Waals surface area (Å²) in [5.74, 6) is 0.389. The van der Waals surface area contributed by atoms with Gasteiger partial charge in [-0.15, -0.1) is 0 Å². The van der Waals surface area contributed by atoms with Crippen LogP contribution in [0.2, 0.25) is 0 Å². The van der Waals surface area contributed by atoms with Crippen LogP contribution in [0.25, 0.3) is 0 Å². The number of rotatable bonds is 3. The highest BCUT2D eigenvalue weighted by Crippen LogP contribution is 2.30. The maximum atomic E-state index is 12.0. The van der Waals surface area contributed by atoms with Gasteiger partial charge in [0, 0.05) is 5.92 Å². The summed E-state index contributed by atoms with van der Waals surface area (Å²) < 4.78 is 4.67. The summed E-state index contributed by atoms with van der Waals surface area (Å²) in [5.41, 5.74) is 6.31. The van der Waals surface area contributed by atoms with E-state index in [2.05, 4.69) is 15.0 Å². The van der Waals surface area contributed by atoms with E-state index in [-0.39, 0.29) is 11.8 Å². The summed E-state index contributed by atoms with van der Waals surface area (Å²) in [5, 5.41) is 6.35. The molecule has 1 heterocycles. The molecule has 1 aliphatic rings. The van der Waals surface area contributed by atoms with Crippen LogP contribution in [0.3, 0.4) is 0 Å². The Bertz CT molecular complexity index is 337. The Hall–Kier alpha value is -1.36. The molecule has 1 amide bonds. The molecule has 0 aromatic carbocycles. The van der Waals surface area contributed by atoms with Crippen LogP contribution in [0.4, 0.5) is 5.69 Å². The van der Waals surface area contributed by atoms with Gasteiger partial charge in [0.1, 0.15) is 12.0 Å². The van der Waals surface area contributed by atoms with Gasteiger partial charge in [0.15, 0.2) is 0 Å². The van der Waals surface area contributed by atoms with E-state index in [9.17, 15) is 4.79 Å². The first-order valence-corrected chi connectivity index (χ1v) is 5.71. The minimum atomic E-state index is 0.0358. The minimum absolute atomic E-state index is 0.0358. The van der Waals surface area contributed by atoms with Crippen molar-refractivity contribution in [3.63, 3.8) is 0 Å². The zero-order chi connectivity index (χ0) is 11.4. The van der Waals surface area contributed by atoms with E-state index in [0.29, 0.717) is 18.2 Å².